The van der Waals surface area contributed by atoms with E-state index < -0.39 is 0 Å². The van der Waals surface area contributed by atoms with Crippen molar-refractivity contribution in [1.29, 1.82) is 0 Å². The van der Waals surface area contributed by atoms with E-state index >= 15 is 0 Å². The van der Waals surface area contributed by atoms with Crippen LogP contribution < -0.4 is 4.90 Å². The van der Waals surface area contributed by atoms with Gasteiger partial charge in [0.15, 0.2) is 0 Å². The van der Waals surface area contributed by atoms with Crippen LogP contribution in [0.1, 0.15) is 28.9 Å². The molecule has 2 aliphatic heterocycles. The Morgan fingerprint density at radius 1 is 1.18 bits per heavy atom. The monoisotopic (exact) mass is 382 g/mol. The van der Waals surface area contributed by atoms with Crippen LogP contribution in [0.4, 0.5) is 5.82 Å². The number of pyridine rings is 1. The molecule has 2 aromatic rings. The second-order valence-electron chi connectivity index (χ2n) is 7.49. The standard InChI is InChI=1S/C20H26N6O2/c1-15-13-18(23(2)22-15)26-8-4-6-17(20(26)28)24-9-11-25(12-10-24)19(27)16-5-3-7-21-14-16/h3,5,7,13-14,17H,4,6,8-12H2,1-2H3. The van der Waals surface area contributed by atoms with Gasteiger partial charge in [0.05, 0.1) is 17.3 Å². The van der Waals surface area contributed by atoms with Crippen LogP contribution in [-0.4, -0.2) is 75.1 Å². The summed E-state index contributed by atoms with van der Waals surface area (Å²) in [6.07, 6.45) is 5.10. The Hall–Kier alpha value is -2.74. The van der Waals surface area contributed by atoms with E-state index in [4.69, 9.17) is 0 Å². The highest BCUT2D eigenvalue weighted by Gasteiger charge is 2.37. The Balaban J connectivity index is 1.41. The fraction of sp³-hybridized carbons (Fsp3) is 0.500. The SMILES string of the molecule is Cc1cc(N2CCCC(N3CCN(C(=O)c4cccnc4)CC3)C2=O)n(C)n1. The number of piperazine rings is 1. The highest BCUT2D eigenvalue weighted by molar-refractivity contribution is 5.97. The third kappa shape index (κ3) is 3.52. The number of rotatable bonds is 3. The zero-order valence-corrected chi connectivity index (χ0v) is 16.4. The summed E-state index contributed by atoms with van der Waals surface area (Å²) in [7, 11) is 1.88. The van der Waals surface area contributed by atoms with Gasteiger partial charge in [-0.15, -0.1) is 0 Å². The normalized spacial score (nSPS) is 21.2. The molecule has 0 bridgehead atoms. The van der Waals surface area contributed by atoms with Crippen LogP contribution in [0.5, 0.6) is 0 Å². The van der Waals surface area contributed by atoms with Crippen LogP contribution in [0.3, 0.4) is 0 Å². The first kappa shape index (κ1) is 18.6. The first-order valence-corrected chi connectivity index (χ1v) is 9.80. The Morgan fingerprint density at radius 2 is 1.96 bits per heavy atom. The number of amides is 2. The van der Waals surface area contributed by atoms with Gasteiger partial charge in [-0.2, -0.15) is 5.10 Å². The summed E-state index contributed by atoms with van der Waals surface area (Å²) in [5.74, 6) is 1.01. The molecule has 0 aliphatic carbocycles. The van der Waals surface area contributed by atoms with E-state index in [2.05, 4.69) is 15.0 Å². The molecule has 0 radical (unpaired) electrons. The maximum Gasteiger partial charge on any atom is 0.255 e. The Labute approximate surface area is 164 Å². The van der Waals surface area contributed by atoms with E-state index in [1.165, 1.54) is 0 Å². The van der Waals surface area contributed by atoms with Gasteiger partial charge < -0.3 is 4.90 Å². The Bertz CT molecular complexity index is 857. The Morgan fingerprint density at radius 3 is 2.61 bits per heavy atom. The number of carbonyl (C=O) groups is 2. The molecule has 4 heterocycles. The fourth-order valence-corrected chi connectivity index (χ4v) is 4.18. The number of hydrogen-bond acceptors (Lipinski definition) is 5. The topological polar surface area (TPSA) is 74.6 Å². The molecule has 0 spiro atoms. The quantitative estimate of drug-likeness (QED) is 0.794. The number of hydrogen-bond donors (Lipinski definition) is 0. The summed E-state index contributed by atoms with van der Waals surface area (Å²) >= 11 is 0. The van der Waals surface area contributed by atoms with Gasteiger partial charge in [-0.05, 0) is 31.9 Å². The summed E-state index contributed by atoms with van der Waals surface area (Å²) in [6.45, 7) is 5.34. The molecule has 0 N–H and O–H groups in total. The summed E-state index contributed by atoms with van der Waals surface area (Å²) in [4.78, 5) is 35.8. The van der Waals surface area contributed by atoms with Crippen LogP contribution in [0.2, 0.25) is 0 Å². The minimum Gasteiger partial charge on any atom is -0.336 e. The lowest BCUT2D eigenvalue weighted by Gasteiger charge is -2.42. The molecule has 0 aromatic carbocycles. The number of piperidine rings is 1. The lowest BCUT2D eigenvalue weighted by atomic mass is 10.0. The van der Waals surface area contributed by atoms with Crippen molar-refractivity contribution in [1.82, 2.24) is 24.6 Å². The summed E-state index contributed by atoms with van der Waals surface area (Å²) < 4.78 is 1.78. The Kier molecular flexibility index (Phi) is 5.13. The maximum atomic E-state index is 13.2. The highest BCUT2D eigenvalue weighted by atomic mass is 16.2. The largest absolute Gasteiger partial charge is 0.336 e. The molecule has 8 nitrogen and oxygen atoms in total. The molecule has 1 unspecified atom stereocenters. The fourth-order valence-electron chi connectivity index (χ4n) is 4.18. The van der Waals surface area contributed by atoms with Crippen LogP contribution in [0.15, 0.2) is 30.6 Å². The first-order chi connectivity index (χ1) is 13.5. The molecule has 2 aromatic heterocycles. The van der Waals surface area contributed by atoms with Crippen molar-refractivity contribution in [3.8, 4) is 0 Å². The van der Waals surface area contributed by atoms with E-state index in [1.807, 2.05) is 29.8 Å². The second kappa shape index (κ2) is 7.71. The van der Waals surface area contributed by atoms with E-state index in [0.717, 1.165) is 30.9 Å². The molecule has 28 heavy (non-hydrogen) atoms. The molecule has 1 atom stereocenters. The van der Waals surface area contributed by atoms with E-state index in [-0.39, 0.29) is 17.9 Å². The highest BCUT2D eigenvalue weighted by Crippen LogP contribution is 2.25. The molecular formula is C20H26N6O2. The lowest BCUT2D eigenvalue weighted by Crippen LogP contribution is -2.58. The summed E-state index contributed by atoms with van der Waals surface area (Å²) in [6, 6.07) is 5.41. The van der Waals surface area contributed by atoms with Crippen LogP contribution in [0.25, 0.3) is 0 Å². The number of carbonyl (C=O) groups excluding carboxylic acids is 2. The number of anilines is 1. The molecular weight excluding hydrogens is 356 g/mol. The molecule has 2 aliphatic rings. The second-order valence-corrected chi connectivity index (χ2v) is 7.49. The molecule has 2 saturated heterocycles. The van der Waals surface area contributed by atoms with Gasteiger partial charge in [0, 0.05) is 58.2 Å². The van der Waals surface area contributed by atoms with E-state index in [9.17, 15) is 9.59 Å². The van der Waals surface area contributed by atoms with Crippen molar-refractivity contribution in [2.24, 2.45) is 7.05 Å². The van der Waals surface area contributed by atoms with Crippen LogP contribution >= 0.6 is 0 Å². The van der Waals surface area contributed by atoms with Gasteiger partial charge >= 0.3 is 0 Å². The number of aryl methyl sites for hydroxylation is 2. The summed E-state index contributed by atoms with van der Waals surface area (Å²) in [5.41, 5.74) is 1.53. The van der Waals surface area contributed by atoms with E-state index in [1.54, 1.807) is 29.2 Å². The van der Waals surface area contributed by atoms with Gasteiger partial charge in [-0.25, -0.2) is 0 Å². The molecule has 148 valence electrons. The average molecular weight is 382 g/mol. The van der Waals surface area contributed by atoms with Gasteiger partial charge in [-0.3, -0.25) is 29.1 Å². The number of nitrogens with zero attached hydrogens (tertiary/aromatic N) is 6. The van der Waals surface area contributed by atoms with Crippen LogP contribution in [-0.2, 0) is 11.8 Å². The van der Waals surface area contributed by atoms with Crippen LogP contribution in [0, 0.1) is 6.92 Å². The van der Waals surface area contributed by atoms with Crippen molar-refractivity contribution in [2.45, 2.75) is 25.8 Å². The predicted octanol–water partition coefficient (Wildman–Crippen LogP) is 1.08. The van der Waals surface area contributed by atoms with Crippen molar-refractivity contribution in [2.75, 3.05) is 37.6 Å². The number of aromatic nitrogens is 3. The summed E-state index contributed by atoms with van der Waals surface area (Å²) in [5, 5.41) is 4.38. The lowest BCUT2D eigenvalue weighted by molar-refractivity contribution is -0.126. The minimum atomic E-state index is -0.125. The first-order valence-electron chi connectivity index (χ1n) is 9.80. The van der Waals surface area contributed by atoms with Crippen molar-refractivity contribution in [3.05, 3.63) is 41.9 Å². The average Bonchev–Trinajstić information content (AvgIpc) is 3.06. The van der Waals surface area contributed by atoms with Gasteiger partial charge in [0.1, 0.15) is 5.82 Å². The van der Waals surface area contributed by atoms with Gasteiger partial charge in [0.2, 0.25) is 5.91 Å². The van der Waals surface area contributed by atoms with E-state index in [0.29, 0.717) is 31.7 Å². The zero-order chi connectivity index (χ0) is 19.7. The van der Waals surface area contributed by atoms with Crippen molar-refractivity contribution in [3.63, 3.8) is 0 Å². The molecule has 8 heteroatoms. The third-order valence-corrected chi connectivity index (χ3v) is 5.61. The van der Waals surface area contributed by atoms with Crippen molar-refractivity contribution < 1.29 is 9.59 Å². The zero-order valence-electron chi connectivity index (χ0n) is 16.4. The molecule has 2 fully saturated rings. The third-order valence-electron chi connectivity index (χ3n) is 5.61. The van der Waals surface area contributed by atoms with Crippen molar-refractivity contribution >= 4 is 17.6 Å². The smallest absolute Gasteiger partial charge is 0.255 e. The van der Waals surface area contributed by atoms with Gasteiger partial charge in [0.25, 0.3) is 5.91 Å². The molecule has 0 saturated carbocycles. The van der Waals surface area contributed by atoms with Gasteiger partial charge in [-0.1, -0.05) is 0 Å². The molecule has 4 rings (SSSR count). The molecule has 2 amide bonds. The maximum absolute atomic E-state index is 13.2. The minimum absolute atomic E-state index is 0.00899. The predicted molar refractivity (Wildman–Crippen MR) is 105 cm³/mol.